The number of carbonyl (C=O) groups excluding carboxylic acids is 1. The molecule has 1 amide bonds. The Balaban J connectivity index is 1.72. The monoisotopic (exact) mass is 356 g/mol. The first-order valence-electron chi connectivity index (χ1n) is 7.50. The maximum absolute atomic E-state index is 12.2. The second-order valence-corrected chi connectivity index (χ2v) is 6.32. The minimum absolute atomic E-state index is 0.0430. The summed E-state index contributed by atoms with van der Waals surface area (Å²) in [6.07, 6.45) is 1.27. The Hall–Kier alpha value is -3.00. The number of hydrogen-bond donors (Lipinski definition) is 2. The van der Waals surface area contributed by atoms with Crippen LogP contribution in [-0.4, -0.2) is 28.0 Å². The first-order valence-corrected chi connectivity index (χ1v) is 8.37. The van der Waals surface area contributed by atoms with Gasteiger partial charge in [0.05, 0.1) is 12.1 Å². The van der Waals surface area contributed by atoms with Crippen molar-refractivity contribution in [3.8, 4) is 17.3 Å². The summed E-state index contributed by atoms with van der Waals surface area (Å²) in [5.74, 6) is 0.561. The van der Waals surface area contributed by atoms with E-state index in [0.717, 1.165) is 10.6 Å². The quantitative estimate of drug-likeness (QED) is 0.730. The number of H-pyrrole nitrogens is 1. The molecule has 8 heteroatoms. The summed E-state index contributed by atoms with van der Waals surface area (Å²) in [5, 5.41) is 5.38. The number of methoxy groups -OCH3 is 1. The molecule has 0 unspecified atom stereocenters. The van der Waals surface area contributed by atoms with Gasteiger partial charge < -0.3 is 15.0 Å². The Kier molecular flexibility index (Phi) is 4.90. The van der Waals surface area contributed by atoms with E-state index in [1.807, 2.05) is 31.2 Å². The highest BCUT2D eigenvalue weighted by Crippen LogP contribution is 2.16. The normalized spacial score (nSPS) is 10.5. The highest BCUT2D eigenvalue weighted by atomic mass is 32.1. The average molecular weight is 356 g/mol. The zero-order chi connectivity index (χ0) is 17.8. The standard InChI is InChI=1S/C17H16N4O3S/c1-10-20-14(9-25-10)15-18-8-13(17(23)21-15)16(22)19-7-11-4-3-5-12(6-11)24-2/h3-6,8-9H,7H2,1-2H3,(H,19,22)(H,18,21,23). The summed E-state index contributed by atoms with van der Waals surface area (Å²) in [5.41, 5.74) is 0.909. The van der Waals surface area contributed by atoms with Gasteiger partial charge in [0.15, 0.2) is 5.82 Å². The summed E-state index contributed by atoms with van der Waals surface area (Å²) >= 11 is 1.46. The van der Waals surface area contributed by atoms with Crippen molar-refractivity contribution >= 4 is 17.2 Å². The van der Waals surface area contributed by atoms with Crippen LogP contribution in [0.25, 0.3) is 11.5 Å². The number of nitrogens with one attached hydrogen (secondary N) is 2. The molecule has 2 N–H and O–H groups in total. The number of aromatic amines is 1. The Morgan fingerprint density at radius 1 is 1.40 bits per heavy atom. The molecule has 0 aliphatic heterocycles. The van der Waals surface area contributed by atoms with Crippen LogP contribution >= 0.6 is 11.3 Å². The van der Waals surface area contributed by atoms with Gasteiger partial charge in [0.25, 0.3) is 11.5 Å². The van der Waals surface area contributed by atoms with Gasteiger partial charge in [-0.05, 0) is 24.6 Å². The molecule has 25 heavy (non-hydrogen) atoms. The number of aryl methyl sites for hydroxylation is 1. The Bertz CT molecular complexity index is 964. The first-order chi connectivity index (χ1) is 12.1. The van der Waals surface area contributed by atoms with Crippen LogP contribution in [0, 0.1) is 6.92 Å². The molecule has 0 atom stereocenters. The number of carbonyl (C=O) groups is 1. The van der Waals surface area contributed by atoms with E-state index in [9.17, 15) is 9.59 Å². The second kappa shape index (κ2) is 7.27. The third-order valence-electron chi connectivity index (χ3n) is 3.49. The van der Waals surface area contributed by atoms with Gasteiger partial charge in [-0.25, -0.2) is 9.97 Å². The van der Waals surface area contributed by atoms with E-state index in [4.69, 9.17) is 4.74 Å². The smallest absolute Gasteiger partial charge is 0.264 e. The van der Waals surface area contributed by atoms with Crippen LogP contribution in [-0.2, 0) is 6.54 Å². The SMILES string of the molecule is COc1cccc(CNC(=O)c2cnc(-c3csc(C)n3)[nH]c2=O)c1. The summed E-state index contributed by atoms with van der Waals surface area (Å²) in [6.45, 7) is 2.15. The molecule has 0 spiro atoms. The van der Waals surface area contributed by atoms with Gasteiger partial charge in [-0.3, -0.25) is 9.59 Å². The number of amides is 1. The molecular weight excluding hydrogens is 340 g/mol. The topological polar surface area (TPSA) is 97.0 Å². The van der Waals surface area contributed by atoms with Gasteiger partial charge >= 0.3 is 0 Å². The van der Waals surface area contributed by atoms with Crippen molar-refractivity contribution in [3.63, 3.8) is 0 Å². The number of aromatic nitrogens is 3. The van der Waals surface area contributed by atoms with Crippen molar-refractivity contribution in [2.75, 3.05) is 7.11 Å². The van der Waals surface area contributed by atoms with Crippen LogP contribution in [0.15, 0.2) is 40.6 Å². The van der Waals surface area contributed by atoms with E-state index >= 15 is 0 Å². The number of thiazole rings is 1. The summed E-state index contributed by atoms with van der Waals surface area (Å²) < 4.78 is 5.14. The molecule has 2 aromatic heterocycles. The van der Waals surface area contributed by atoms with Gasteiger partial charge in [0.1, 0.15) is 17.0 Å². The van der Waals surface area contributed by atoms with Crippen molar-refractivity contribution in [1.82, 2.24) is 20.3 Å². The molecule has 0 saturated heterocycles. The molecule has 0 fully saturated rings. The third kappa shape index (κ3) is 3.92. The Morgan fingerprint density at radius 2 is 2.24 bits per heavy atom. The van der Waals surface area contributed by atoms with E-state index in [-0.39, 0.29) is 12.1 Å². The van der Waals surface area contributed by atoms with E-state index in [1.165, 1.54) is 17.5 Å². The maximum atomic E-state index is 12.2. The molecule has 7 nitrogen and oxygen atoms in total. The van der Waals surface area contributed by atoms with E-state index in [1.54, 1.807) is 12.5 Å². The molecule has 1 aromatic carbocycles. The zero-order valence-electron chi connectivity index (χ0n) is 13.7. The Labute approximate surface area is 147 Å². The summed E-state index contributed by atoms with van der Waals surface area (Å²) in [7, 11) is 1.58. The second-order valence-electron chi connectivity index (χ2n) is 5.26. The molecule has 0 aliphatic rings. The fourth-order valence-corrected chi connectivity index (χ4v) is 2.82. The van der Waals surface area contributed by atoms with Crippen LogP contribution in [0.4, 0.5) is 0 Å². The van der Waals surface area contributed by atoms with Crippen LogP contribution < -0.4 is 15.6 Å². The predicted molar refractivity (Wildman–Crippen MR) is 94.9 cm³/mol. The number of rotatable bonds is 5. The molecule has 3 rings (SSSR count). The van der Waals surface area contributed by atoms with Crippen molar-refractivity contribution in [3.05, 3.63) is 62.3 Å². The van der Waals surface area contributed by atoms with Crippen molar-refractivity contribution < 1.29 is 9.53 Å². The average Bonchev–Trinajstić information content (AvgIpc) is 3.06. The highest BCUT2D eigenvalue weighted by Gasteiger charge is 2.13. The zero-order valence-corrected chi connectivity index (χ0v) is 14.5. The number of hydrogen-bond acceptors (Lipinski definition) is 6. The molecule has 3 aromatic rings. The van der Waals surface area contributed by atoms with E-state index < -0.39 is 11.5 Å². The van der Waals surface area contributed by atoms with Crippen LogP contribution in [0.2, 0.25) is 0 Å². The van der Waals surface area contributed by atoms with Crippen molar-refractivity contribution in [1.29, 1.82) is 0 Å². The Morgan fingerprint density at radius 3 is 2.92 bits per heavy atom. The number of benzene rings is 1. The van der Waals surface area contributed by atoms with Crippen molar-refractivity contribution in [2.45, 2.75) is 13.5 Å². The van der Waals surface area contributed by atoms with E-state index in [2.05, 4.69) is 20.3 Å². The lowest BCUT2D eigenvalue weighted by molar-refractivity contribution is 0.0949. The molecule has 0 saturated carbocycles. The van der Waals surface area contributed by atoms with Crippen molar-refractivity contribution in [2.24, 2.45) is 0 Å². The fraction of sp³-hybridized carbons (Fsp3) is 0.176. The lowest BCUT2D eigenvalue weighted by atomic mass is 10.2. The van der Waals surface area contributed by atoms with Gasteiger partial charge in [-0.15, -0.1) is 11.3 Å². The van der Waals surface area contributed by atoms with Gasteiger partial charge in [-0.2, -0.15) is 0 Å². The fourth-order valence-electron chi connectivity index (χ4n) is 2.22. The van der Waals surface area contributed by atoms with Gasteiger partial charge in [0, 0.05) is 18.1 Å². The van der Waals surface area contributed by atoms with Crippen LogP contribution in [0.1, 0.15) is 20.9 Å². The summed E-state index contributed by atoms with van der Waals surface area (Å²) in [6, 6.07) is 7.33. The summed E-state index contributed by atoms with van der Waals surface area (Å²) in [4.78, 5) is 35.4. The predicted octanol–water partition coefficient (Wildman–Crippen LogP) is 2.14. The van der Waals surface area contributed by atoms with Gasteiger partial charge in [0.2, 0.25) is 0 Å². The molecule has 2 heterocycles. The van der Waals surface area contributed by atoms with Gasteiger partial charge in [-0.1, -0.05) is 12.1 Å². The molecule has 0 aliphatic carbocycles. The lowest BCUT2D eigenvalue weighted by Crippen LogP contribution is -2.29. The van der Waals surface area contributed by atoms with E-state index in [0.29, 0.717) is 17.3 Å². The molecule has 0 radical (unpaired) electrons. The van der Waals surface area contributed by atoms with Crippen LogP contribution in [0.3, 0.4) is 0 Å². The molecular formula is C17H16N4O3S. The minimum Gasteiger partial charge on any atom is -0.497 e. The third-order valence-corrected chi connectivity index (χ3v) is 4.27. The minimum atomic E-state index is -0.501. The number of nitrogens with zero attached hydrogens (tertiary/aromatic N) is 2. The molecule has 0 bridgehead atoms. The van der Waals surface area contributed by atoms with Crippen LogP contribution in [0.5, 0.6) is 5.75 Å². The largest absolute Gasteiger partial charge is 0.497 e. The lowest BCUT2D eigenvalue weighted by Gasteiger charge is -2.07. The maximum Gasteiger partial charge on any atom is 0.264 e. The number of ether oxygens (including phenoxy) is 1. The molecule has 128 valence electrons. The highest BCUT2D eigenvalue weighted by molar-refractivity contribution is 7.09. The first kappa shape index (κ1) is 16.8.